The number of alkyl halides is 3. The van der Waals surface area contributed by atoms with E-state index in [0.29, 0.717) is 5.69 Å². The molecule has 0 unspecified atom stereocenters. The molecule has 11 heteroatoms. The van der Waals surface area contributed by atoms with Crippen LogP contribution >= 0.6 is 0 Å². The lowest BCUT2D eigenvalue weighted by Crippen LogP contribution is -2.23. The Hall–Kier alpha value is -3.63. The molecule has 0 saturated carbocycles. The number of methoxy groups -OCH3 is 1. The van der Waals surface area contributed by atoms with Gasteiger partial charge in [-0.1, -0.05) is 0 Å². The molecule has 2 heterocycles. The fraction of sp³-hybridized carbons (Fsp3) is 0.176. The zero-order valence-corrected chi connectivity index (χ0v) is 14.4. The number of fused-ring (bicyclic) bond motifs is 1. The fourth-order valence-electron chi connectivity index (χ4n) is 2.54. The molecule has 1 aromatic carbocycles. The molecule has 0 bridgehead atoms. The summed E-state index contributed by atoms with van der Waals surface area (Å²) in [6, 6.07) is 5.88. The van der Waals surface area contributed by atoms with E-state index in [0.717, 1.165) is 18.3 Å². The van der Waals surface area contributed by atoms with Gasteiger partial charge in [0.15, 0.2) is 5.75 Å². The number of nitrogens with zero attached hydrogens (tertiary/aromatic N) is 3. The molecule has 0 saturated heterocycles. The van der Waals surface area contributed by atoms with Gasteiger partial charge in [0.1, 0.15) is 5.65 Å². The molecule has 1 N–H and O–H groups in total. The van der Waals surface area contributed by atoms with Gasteiger partial charge in [0.2, 0.25) is 0 Å². The minimum Gasteiger partial charge on any atom is -0.490 e. The van der Waals surface area contributed by atoms with Gasteiger partial charge in [-0.05, 0) is 24.3 Å². The first-order chi connectivity index (χ1) is 13.2. The Morgan fingerprint density at radius 1 is 1.29 bits per heavy atom. The Balaban J connectivity index is 1.76. The summed E-state index contributed by atoms with van der Waals surface area (Å²) in [5.74, 6) is -0.582. The number of carbonyl (C=O) groups is 1. The molecule has 0 radical (unpaired) electrons. The molecular weight excluding hydrogens is 381 g/mol. The number of hydrogen-bond acceptors (Lipinski definition) is 5. The first kappa shape index (κ1) is 19.1. The number of nitro benzene ring substituents is 1. The third-order valence-corrected chi connectivity index (χ3v) is 3.90. The molecular formula is C17H13F3N4O4. The number of pyridine rings is 1. The number of carbonyl (C=O) groups excluding carboxylic acids is 1. The summed E-state index contributed by atoms with van der Waals surface area (Å²) in [5.41, 5.74) is -0.523. The van der Waals surface area contributed by atoms with Gasteiger partial charge in [0.05, 0.1) is 29.8 Å². The predicted molar refractivity (Wildman–Crippen MR) is 91.0 cm³/mol. The minimum atomic E-state index is -4.48. The summed E-state index contributed by atoms with van der Waals surface area (Å²) in [6.07, 6.45) is -2.21. The van der Waals surface area contributed by atoms with Crippen LogP contribution in [0.25, 0.3) is 5.65 Å². The lowest BCUT2D eigenvalue weighted by atomic mass is 10.1. The molecule has 0 spiro atoms. The molecule has 0 aliphatic carbocycles. The van der Waals surface area contributed by atoms with E-state index in [1.54, 1.807) is 0 Å². The second-order valence-electron chi connectivity index (χ2n) is 5.74. The number of aromatic nitrogens is 2. The van der Waals surface area contributed by atoms with E-state index < -0.39 is 22.6 Å². The smallest absolute Gasteiger partial charge is 0.417 e. The van der Waals surface area contributed by atoms with Gasteiger partial charge in [-0.25, -0.2) is 4.98 Å². The normalized spacial score (nSPS) is 11.4. The van der Waals surface area contributed by atoms with Crippen molar-refractivity contribution in [3.63, 3.8) is 0 Å². The molecule has 146 valence electrons. The van der Waals surface area contributed by atoms with Gasteiger partial charge in [-0.15, -0.1) is 0 Å². The zero-order chi connectivity index (χ0) is 20.5. The Morgan fingerprint density at radius 3 is 2.68 bits per heavy atom. The van der Waals surface area contributed by atoms with E-state index in [2.05, 4.69) is 10.3 Å². The van der Waals surface area contributed by atoms with Gasteiger partial charge in [0, 0.05) is 24.0 Å². The van der Waals surface area contributed by atoms with Crippen LogP contribution in [0.4, 0.5) is 18.9 Å². The number of amides is 1. The van der Waals surface area contributed by atoms with Crippen molar-refractivity contribution in [1.82, 2.24) is 14.7 Å². The lowest BCUT2D eigenvalue weighted by molar-refractivity contribution is -0.385. The maximum atomic E-state index is 12.8. The highest BCUT2D eigenvalue weighted by atomic mass is 19.4. The van der Waals surface area contributed by atoms with Crippen LogP contribution in [0, 0.1) is 10.1 Å². The van der Waals surface area contributed by atoms with Crippen LogP contribution in [-0.4, -0.2) is 27.3 Å². The topological polar surface area (TPSA) is 98.8 Å². The van der Waals surface area contributed by atoms with Crippen molar-refractivity contribution in [2.75, 3.05) is 7.11 Å². The molecule has 0 fully saturated rings. The molecule has 2 aromatic heterocycles. The zero-order valence-electron chi connectivity index (χ0n) is 14.4. The highest BCUT2D eigenvalue weighted by Crippen LogP contribution is 2.29. The summed E-state index contributed by atoms with van der Waals surface area (Å²) in [6.45, 7) is -0.0678. The number of benzene rings is 1. The highest BCUT2D eigenvalue weighted by molar-refractivity contribution is 5.95. The largest absolute Gasteiger partial charge is 0.490 e. The van der Waals surface area contributed by atoms with Gasteiger partial charge in [-0.2, -0.15) is 13.2 Å². The Labute approximate surface area is 155 Å². The monoisotopic (exact) mass is 394 g/mol. The number of ether oxygens (including phenoxy) is 1. The van der Waals surface area contributed by atoms with Crippen LogP contribution in [0.1, 0.15) is 21.6 Å². The van der Waals surface area contributed by atoms with Crippen LogP contribution in [0.2, 0.25) is 0 Å². The third kappa shape index (κ3) is 3.87. The van der Waals surface area contributed by atoms with E-state index in [1.165, 1.54) is 35.9 Å². The third-order valence-electron chi connectivity index (χ3n) is 3.90. The molecule has 0 atom stereocenters. The van der Waals surface area contributed by atoms with Crippen molar-refractivity contribution in [3.05, 3.63) is 69.7 Å². The molecule has 1 amide bonds. The predicted octanol–water partition coefficient (Wildman–Crippen LogP) is 3.20. The summed E-state index contributed by atoms with van der Waals surface area (Å²) in [5, 5.41) is 13.6. The number of halogens is 3. The van der Waals surface area contributed by atoms with Crippen LogP contribution in [0.15, 0.2) is 42.7 Å². The van der Waals surface area contributed by atoms with E-state index in [9.17, 15) is 28.1 Å². The first-order valence-corrected chi connectivity index (χ1v) is 7.84. The van der Waals surface area contributed by atoms with Gasteiger partial charge in [-0.3, -0.25) is 14.9 Å². The molecule has 3 aromatic rings. The van der Waals surface area contributed by atoms with E-state index in [-0.39, 0.29) is 29.2 Å². The standard InChI is InChI=1S/C17H13F3N4O4/c1-28-14-4-2-10(6-13(14)24(26)27)16(25)21-7-12-9-23-8-11(17(18,19)20)3-5-15(23)22-12/h2-6,8-9H,7H2,1H3,(H,21,25). The van der Waals surface area contributed by atoms with Gasteiger partial charge >= 0.3 is 11.9 Å². The van der Waals surface area contributed by atoms with Crippen LogP contribution in [0.5, 0.6) is 5.75 Å². The van der Waals surface area contributed by atoms with E-state index in [1.807, 2.05) is 0 Å². The van der Waals surface area contributed by atoms with E-state index >= 15 is 0 Å². The van der Waals surface area contributed by atoms with Crippen molar-refractivity contribution in [3.8, 4) is 5.75 Å². The van der Waals surface area contributed by atoms with Crippen LogP contribution < -0.4 is 10.1 Å². The number of hydrogen-bond donors (Lipinski definition) is 1. The number of rotatable bonds is 5. The van der Waals surface area contributed by atoms with E-state index in [4.69, 9.17) is 4.74 Å². The number of nitrogens with one attached hydrogen (secondary N) is 1. The molecule has 0 aliphatic heterocycles. The van der Waals surface area contributed by atoms with Crippen molar-refractivity contribution >= 4 is 17.2 Å². The summed E-state index contributed by atoms with van der Waals surface area (Å²) in [7, 11) is 1.27. The maximum Gasteiger partial charge on any atom is 0.417 e. The van der Waals surface area contributed by atoms with Crippen LogP contribution in [0.3, 0.4) is 0 Å². The Bertz CT molecular complexity index is 1060. The summed E-state index contributed by atoms with van der Waals surface area (Å²) < 4.78 is 44.4. The molecule has 0 aliphatic rings. The Morgan fingerprint density at radius 2 is 2.04 bits per heavy atom. The first-order valence-electron chi connectivity index (χ1n) is 7.84. The average molecular weight is 394 g/mol. The highest BCUT2D eigenvalue weighted by Gasteiger charge is 2.30. The Kier molecular flexibility index (Phi) is 4.91. The van der Waals surface area contributed by atoms with Crippen molar-refractivity contribution in [1.29, 1.82) is 0 Å². The molecule has 28 heavy (non-hydrogen) atoms. The summed E-state index contributed by atoms with van der Waals surface area (Å²) >= 11 is 0. The minimum absolute atomic E-state index is 0.0161. The average Bonchev–Trinajstić information content (AvgIpc) is 3.06. The SMILES string of the molecule is COc1ccc(C(=O)NCc2cn3cc(C(F)(F)F)ccc3n2)cc1[N+](=O)[O-]. The molecule has 3 rings (SSSR count). The van der Waals surface area contributed by atoms with Gasteiger partial charge in [0.25, 0.3) is 5.91 Å². The fourth-order valence-corrected chi connectivity index (χ4v) is 2.54. The van der Waals surface area contributed by atoms with Crippen molar-refractivity contribution in [2.45, 2.75) is 12.7 Å². The molecule has 8 nitrogen and oxygen atoms in total. The number of imidazole rings is 1. The summed E-state index contributed by atoms with van der Waals surface area (Å²) in [4.78, 5) is 26.7. The van der Waals surface area contributed by atoms with Crippen LogP contribution in [-0.2, 0) is 12.7 Å². The second-order valence-corrected chi connectivity index (χ2v) is 5.74. The van der Waals surface area contributed by atoms with Gasteiger partial charge < -0.3 is 14.5 Å². The lowest BCUT2D eigenvalue weighted by Gasteiger charge is -2.06. The number of nitro groups is 1. The quantitative estimate of drug-likeness (QED) is 0.529. The maximum absolute atomic E-state index is 12.8. The second kappa shape index (κ2) is 7.18. The van der Waals surface area contributed by atoms with Crippen molar-refractivity contribution < 1.29 is 27.6 Å². The van der Waals surface area contributed by atoms with Crippen molar-refractivity contribution in [2.24, 2.45) is 0 Å².